The van der Waals surface area contributed by atoms with E-state index in [2.05, 4.69) is 38.2 Å². The third-order valence-corrected chi connectivity index (χ3v) is 3.94. The quantitative estimate of drug-likeness (QED) is 0.800. The first-order valence-electron chi connectivity index (χ1n) is 7.16. The number of anilines is 1. The molecule has 1 N–H and O–H groups in total. The highest BCUT2D eigenvalue weighted by Crippen LogP contribution is 2.34. The lowest BCUT2D eigenvalue weighted by atomic mass is 10.1. The number of fused-ring (bicyclic) bond motifs is 1. The Morgan fingerprint density at radius 2 is 2.24 bits per heavy atom. The smallest absolute Gasteiger partial charge is 0.0954 e. The van der Waals surface area contributed by atoms with Gasteiger partial charge >= 0.3 is 0 Å². The number of benzene rings is 1. The zero-order valence-electron chi connectivity index (χ0n) is 12.0. The van der Waals surface area contributed by atoms with Gasteiger partial charge in [0.05, 0.1) is 30.5 Å². The standard InChI is InChI=1S/C16H17N5/c1-20-8-6-13(19-20)10-21-11-17-9-15(21)14-4-2-3-12-5-7-18-16(12)14/h2-4,6,8-9,11,18H,5,7,10H2,1H3. The Hall–Kier alpha value is -2.56. The zero-order valence-corrected chi connectivity index (χ0v) is 12.0. The van der Waals surface area contributed by atoms with Crippen molar-refractivity contribution in [1.29, 1.82) is 0 Å². The zero-order chi connectivity index (χ0) is 14.2. The van der Waals surface area contributed by atoms with Gasteiger partial charge in [-0.1, -0.05) is 18.2 Å². The summed E-state index contributed by atoms with van der Waals surface area (Å²) in [5, 5.41) is 7.94. The topological polar surface area (TPSA) is 47.7 Å². The minimum atomic E-state index is 0.736. The normalized spacial score (nSPS) is 13.2. The van der Waals surface area contributed by atoms with Crippen molar-refractivity contribution in [2.75, 3.05) is 11.9 Å². The van der Waals surface area contributed by atoms with Gasteiger partial charge in [-0.3, -0.25) is 4.68 Å². The fourth-order valence-corrected chi connectivity index (χ4v) is 2.95. The van der Waals surface area contributed by atoms with E-state index in [4.69, 9.17) is 0 Å². The van der Waals surface area contributed by atoms with Crippen molar-refractivity contribution in [3.8, 4) is 11.3 Å². The second-order valence-corrected chi connectivity index (χ2v) is 5.40. The average molecular weight is 279 g/mol. The second-order valence-electron chi connectivity index (χ2n) is 5.40. The summed E-state index contributed by atoms with van der Waals surface area (Å²) in [4.78, 5) is 4.33. The van der Waals surface area contributed by atoms with Gasteiger partial charge in [0, 0.05) is 31.0 Å². The van der Waals surface area contributed by atoms with Crippen molar-refractivity contribution in [3.05, 3.63) is 54.2 Å². The molecule has 0 amide bonds. The highest BCUT2D eigenvalue weighted by atomic mass is 15.3. The van der Waals surface area contributed by atoms with Crippen LogP contribution in [0.5, 0.6) is 0 Å². The third-order valence-electron chi connectivity index (χ3n) is 3.94. The van der Waals surface area contributed by atoms with Crippen LogP contribution < -0.4 is 5.32 Å². The van der Waals surface area contributed by atoms with Gasteiger partial charge in [-0.05, 0) is 18.1 Å². The molecule has 3 heterocycles. The Bertz CT molecular complexity index is 784. The summed E-state index contributed by atoms with van der Waals surface area (Å²) in [6.45, 7) is 1.75. The molecule has 0 unspecified atom stereocenters. The lowest BCUT2D eigenvalue weighted by molar-refractivity contribution is 0.708. The van der Waals surface area contributed by atoms with E-state index in [1.165, 1.54) is 16.8 Å². The Kier molecular flexibility index (Phi) is 2.77. The summed E-state index contributed by atoms with van der Waals surface area (Å²) in [5.41, 5.74) is 6.03. The van der Waals surface area contributed by atoms with Crippen LogP contribution in [0.4, 0.5) is 5.69 Å². The highest BCUT2D eigenvalue weighted by molar-refractivity contribution is 5.79. The molecule has 106 valence electrons. The van der Waals surface area contributed by atoms with E-state index in [0.717, 1.165) is 30.9 Å². The molecule has 1 aliphatic heterocycles. The van der Waals surface area contributed by atoms with Gasteiger partial charge in [-0.25, -0.2) is 4.98 Å². The Morgan fingerprint density at radius 3 is 3.10 bits per heavy atom. The SMILES string of the molecule is Cn1ccc(Cn2cncc2-c2cccc3c2NCC3)n1. The van der Waals surface area contributed by atoms with Crippen molar-refractivity contribution < 1.29 is 0 Å². The maximum absolute atomic E-state index is 4.45. The van der Waals surface area contributed by atoms with Crippen LogP contribution in [0, 0.1) is 0 Å². The molecule has 2 aromatic heterocycles. The molecule has 4 rings (SSSR count). The van der Waals surface area contributed by atoms with Crippen LogP contribution in [0.1, 0.15) is 11.3 Å². The van der Waals surface area contributed by atoms with Gasteiger partial charge in [0.2, 0.25) is 0 Å². The minimum Gasteiger partial charge on any atom is -0.384 e. The van der Waals surface area contributed by atoms with Crippen molar-refractivity contribution in [2.24, 2.45) is 7.05 Å². The third kappa shape index (κ3) is 2.11. The molecule has 1 aromatic carbocycles. The number of rotatable bonds is 3. The van der Waals surface area contributed by atoms with E-state index in [9.17, 15) is 0 Å². The number of para-hydroxylation sites is 1. The number of aromatic nitrogens is 4. The molecule has 0 saturated heterocycles. The van der Waals surface area contributed by atoms with Crippen molar-refractivity contribution in [3.63, 3.8) is 0 Å². The van der Waals surface area contributed by atoms with Crippen LogP contribution in [-0.2, 0) is 20.0 Å². The Morgan fingerprint density at radius 1 is 1.29 bits per heavy atom. The molecule has 21 heavy (non-hydrogen) atoms. The predicted octanol–water partition coefficient (Wildman–Crippen LogP) is 2.30. The molecule has 5 heteroatoms. The van der Waals surface area contributed by atoms with Crippen LogP contribution in [-0.4, -0.2) is 25.9 Å². The van der Waals surface area contributed by atoms with Gasteiger partial charge in [0.15, 0.2) is 0 Å². The summed E-state index contributed by atoms with van der Waals surface area (Å²) >= 11 is 0. The molecule has 0 saturated carbocycles. The molecule has 3 aromatic rings. The van der Waals surface area contributed by atoms with E-state index < -0.39 is 0 Å². The summed E-state index contributed by atoms with van der Waals surface area (Å²) in [6.07, 6.45) is 6.86. The fourth-order valence-electron chi connectivity index (χ4n) is 2.95. The van der Waals surface area contributed by atoms with Gasteiger partial charge in [0.1, 0.15) is 0 Å². The molecule has 0 atom stereocenters. The first kappa shape index (κ1) is 12.2. The van der Waals surface area contributed by atoms with Crippen LogP contribution in [0.15, 0.2) is 43.0 Å². The van der Waals surface area contributed by atoms with Crippen LogP contribution in [0.2, 0.25) is 0 Å². The largest absolute Gasteiger partial charge is 0.384 e. The monoisotopic (exact) mass is 279 g/mol. The number of hydrogen-bond donors (Lipinski definition) is 1. The molecular weight excluding hydrogens is 262 g/mol. The molecular formula is C16H17N5. The number of nitrogens with zero attached hydrogens (tertiary/aromatic N) is 4. The Labute approximate surface area is 123 Å². The van der Waals surface area contributed by atoms with Crippen molar-refractivity contribution in [2.45, 2.75) is 13.0 Å². The average Bonchev–Trinajstić information content (AvgIpc) is 3.19. The van der Waals surface area contributed by atoms with E-state index in [-0.39, 0.29) is 0 Å². The number of hydrogen-bond acceptors (Lipinski definition) is 3. The minimum absolute atomic E-state index is 0.736. The van der Waals surface area contributed by atoms with Gasteiger partial charge in [-0.2, -0.15) is 5.10 Å². The molecule has 0 bridgehead atoms. The van der Waals surface area contributed by atoms with Gasteiger partial charge in [0.25, 0.3) is 0 Å². The van der Waals surface area contributed by atoms with Crippen LogP contribution in [0.25, 0.3) is 11.3 Å². The molecule has 0 fully saturated rings. The van der Waals surface area contributed by atoms with Crippen LogP contribution in [0.3, 0.4) is 0 Å². The van der Waals surface area contributed by atoms with E-state index in [0.29, 0.717) is 0 Å². The van der Waals surface area contributed by atoms with Crippen LogP contribution >= 0.6 is 0 Å². The lowest BCUT2D eigenvalue weighted by Gasteiger charge is -2.11. The lowest BCUT2D eigenvalue weighted by Crippen LogP contribution is -2.03. The summed E-state index contributed by atoms with van der Waals surface area (Å²) in [5.74, 6) is 0. The van der Waals surface area contributed by atoms with E-state index in [1.807, 2.05) is 36.5 Å². The maximum Gasteiger partial charge on any atom is 0.0954 e. The molecule has 0 radical (unpaired) electrons. The number of imidazole rings is 1. The molecule has 1 aliphatic rings. The van der Waals surface area contributed by atoms with E-state index >= 15 is 0 Å². The summed E-state index contributed by atoms with van der Waals surface area (Å²) < 4.78 is 3.98. The predicted molar refractivity (Wildman–Crippen MR) is 82.2 cm³/mol. The van der Waals surface area contributed by atoms with Crippen molar-refractivity contribution >= 4 is 5.69 Å². The number of nitrogens with one attached hydrogen (secondary N) is 1. The van der Waals surface area contributed by atoms with Crippen molar-refractivity contribution in [1.82, 2.24) is 19.3 Å². The first-order chi connectivity index (χ1) is 10.3. The maximum atomic E-state index is 4.45. The first-order valence-corrected chi connectivity index (χ1v) is 7.16. The summed E-state index contributed by atoms with van der Waals surface area (Å²) in [7, 11) is 1.94. The molecule has 5 nitrogen and oxygen atoms in total. The molecule has 0 spiro atoms. The van der Waals surface area contributed by atoms with E-state index in [1.54, 1.807) is 0 Å². The molecule has 0 aliphatic carbocycles. The Balaban J connectivity index is 1.74. The van der Waals surface area contributed by atoms with Gasteiger partial charge in [-0.15, -0.1) is 0 Å². The summed E-state index contributed by atoms with van der Waals surface area (Å²) in [6, 6.07) is 8.51. The second kappa shape index (κ2) is 4.77. The van der Waals surface area contributed by atoms with Gasteiger partial charge < -0.3 is 9.88 Å². The number of aryl methyl sites for hydroxylation is 1. The highest BCUT2D eigenvalue weighted by Gasteiger charge is 2.17. The fraction of sp³-hybridized carbons (Fsp3) is 0.250.